The van der Waals surface area contributed by atoms with E-state index in [-0.39, 0.29) is 5.78 Å². The molecule has 0 spiro atoms. The van der Waals surface area contributed by atoms with Gasteiger partial charge in [-0.25, -0.2) is 4.79 Å². The van der Waals surface area contributed by atoms with E-state index in [1.165, 1.54) is 13.2 Å². The number of benzene rings is 2. The van der Waals surface area contributed by atoms with Crippen molar-refractivity contribution in [2.24, 2.45) is 0 Å². The predicted octanol–water partition coefficient (Wildman–Crippen LogP) is 3.24. The molecular weight excluding hydrogens is 278 g/mol. The Morgan fingerprint density at radius 3 is 2.14 bits per heavy atom. The average Bonchev–Trinajstić information content (AvgIpc) is 2.59. The third-order valence-corrected chi connectivity index (χ3v) is 3.06. The Hall–Kier alpha value is -3.19. The van der Waals surface area contributed by atoms with E-state index >= 15 is 0 Å². The van der Waals surface area contributed by atoms with Crippen molar-refractivity contribution in [3.63, 3.8) is 0 Å². The van der Waals surface area contributed by atoms with Gasteiger partial charge in [0.05, 0.1) is 24.3 Å². The number of methoxy groups -OCH3 is 1. The number of allylic oxidation sites excluding steroid dienone is 1. The van der Waals surface area contributed by atoms with E-state index in [4.69, 9.17) is 5.26 Å². The van der Waals surface area contributed by atoms with Crippen molar-refractivity contribution >= 4 is 17.8 Å². The van der Waals surface area contributed by atoms with Gasteiger partial charge in [0.15, 0.2) is 5.78 Å². The van der Waals surface area contributed by atoms with Gasteiger partial charge in [-0.3, -0.25) is 4.79 Å². The Bertz CT molecular complexity index is 750. The lowest BCUT2D eigenvalue weighted by Crippen LogP contribution is -2.00. The molecule has 108 valence electrons. The first-order chi connectivity index (χ1) is 10.6. The second kappa shape index (κ2) is 7.00. The number of hydrogen-bond acceptors (Lipinski definition) is 4. The van der Waals surface area contributed by atoms with Gasteiger partial charge in [0, 0.05) is 5.56 Å². The predicted molar refractivity (Wildman–Crippen MR) is 82.3 cm³/mol. The zero-order valence-corrected chi connectivity index (χ0v) is 11.9. The summed E-state index contributed by atoms with van der Waals surface area (Å²) in [5.41, 5.74) is 2.29. The van der Waals surface area contributed by atoms with Crippen LogP contribution in [-0.4, -0.2) is 18.9 Å². The molecule has 4 heteroatoms. The molecule has 2 aromatic rings. The third-order valence-electron chi connectivity index (χ3n) is 3.06. The van der Waals surface area contributed by atoms with Gasteiger partial charge in [-0.05, 0) is 48.0 Å². The summed E-state index contributed by atoms with van der Waals surface area (Å²) in [6, 6.07) is 15.2. The van der Waals surface area contributed by atoms with Crippen molar-refractivity contribution in [1.29, 1.82) is 5.26 Å². The lowest BCUT2D eigenvalue weighted by molar-refractivity contribution is 0.0600. The molecule has 0 aliphatic heterocycles. The second-order valence-electron chi connectivity index (χ2n) is 4.50. The van der Waals surface area contributed by atoms with Crippen LogP contribution in [0, 0.1) is 11.3 Å². The van der Waals surface area contributed by atoms with Gasteiger partial charge in [-0.2, -0.15) is 5.26 Å². The summed E-state index contributed by atoms with van der Waals surface area (Å²) < 4.78 is 4.62. The van der Waals surface area contributed by atoms with Gasteiger partial charge in [-0.15, -0.1) is 0 Å². The van der Waals surface area contributed by atoms with Crippen LogP contribution in [-0.2, 0) is 4.74 Å². The van der Waals surface area contributed by atoms with Gasteiger partial charge >= 0.3 is 5.97 Å². The van der Waals surface area contributed by atoms with Crippen LogP contribution in [0.1, 0.15) is 31.8 Å². The molecule has 0 aromatic heterocycles. The number of carbonyl (C=O) groups is 2. The van der Waals surface area contributed by atoms with Crippen LogP contribution in [0.5, 0.6) is 0 Å². The van der Waals surface area contributed by atoms with Crippen LogP contribution in [0.25, 0.3) is 6.08 Å². The minimum absolute atomic E-state index is 0.151. The second-order valence-corrected chi connectivity index (χ2v) is 4.50. The SMILES string of the molecule is COC(=O)c1ccc(C=CC(=O)c2ccc(C#N)cc2)cc1. The lowest BCUT2D eigenvalue weighted by Gasteiger charge is -1.99. The zero-order valence-electron chi connectivity index (χ0n) is 11.9. The molecular formula is C18H13NO3. The summed E-state index contributed by atoms with van der Waals surface area (Å²) in [4.78, 5) is 23.3. The molecule has 4 nitrogen and oxygen atoms in total. The zero-order chi connectivity index (χ0) is 15.9. The molecule has 0 saturated heterocycles. The molecule has 0 heterocycles. The highest BCUT2D eigenvalue weighted by Gasteiger charge is 2.04. The summed E-state index contributed by atoms with van der Waals surface area (Å²) in [7, 11) is 1.33. The number of ether oxygens (including phenoxy) is 1. The summed E-state index contributed by atoms with van der Waals surface area (Å²) in [6.07, 6.45) is 3.12. The van der Waals surface area contributed by atoms with E-state index in [9.17, 15) is 9.59 Å². The summed E-state index contributed by atoms with van der Waals surface area (Å²) in [5.74, 6) is -0.550. The van der Waals surface area contributed by atoms with Crippen LogP contribution in [0.15, 0.2) is 54.6 Å². The average molecular weight is 291 g/mol. The smallest absolute Gasteiger partial charge is 0.337 e. The summed E-state index contributed by atoms with van der Waals surface area (Å²) in [5, 5.41) is 8.72. The molecule has 22 heavy (non-hydrogen) atoms. The van der Waals surface area contributed by atoms with Crippen LogP contribution in [0.3, 0.4) is 0 Å². The van der Waals surface area contributed by atoms with E-state index in [0.717, 1.165) is 5.56 Å². The maximum absolute atomic E-state index is 12.0. The lowest BCUT2D eigenvalue weighted by atomic mass is 10.1. The molecule has 0 aliphatic rings. The first-order valence-electron chi connectivity index (χ1n) is 6.55. The number of nitrogens with zero attached hydrogens (tertiary/aromatic N) is 1. The maximum atomic E-state index is 12.0. The van der Waals surface area contributed by atoms with Gasteiger partial charge in [0.1, 0.15) is 0 Å². The quantitative estimate of drug-likeness (QED) is 0.492. The van der Waals surface area contributed by atoms with Crippen LogP contribution < -0.4 is 0 Å². The topological polar surface area (TPSA) is 67.2 Å². The molecule has 0 aliphatic carbocycles. The Morgan fingerprint density at radius 2 is 1.59 bits per heavy atom. The van der Waals surface area contributed by atoms with Crippen molar-refractivity contribution in [3.05, 3.63) is 76.9 Å². The van der Waals surface area contributed by atoms with Crippen molar-refractivity contribution in [3.8, 4) is 6.07 Å². The molecule has 2 rings (SSSR count). The highest BCUT2D eigenvalue weighted by molar-refractivity contribution is 6.06. The molecule has 2 aromatic carbocycles. The van der Waals surface area contributed by atoms with Crippen LogP contribution >= 0.6 is 0 Å². The van der Waals surface area contributed by atoms with E-state index in [0.29, 0.717) is 16.7 Å². The Morgan fingerprint density at radius 1 is 1.00 bits per heavy atom. The number of rotatable bonds is 4. The van der Waals surface area contributed by atoms with Crippen molar-refractivity contribution < 1.29 is 14.3 Å². The molecule has 0 saturated carbocycles. The van der Waals surface area contributed by atoms with E-state index < -0.39 is 5.97 Å². The van der Waals surface area contributed by atoms with E-state index in [1.807, 2.05) is 6.07 Å². The van der Waals surface area contributed by atoms with Crippen LogP contribution in [0.2, 0.25) is 0 Å². The van der Waals surface area contributed by atoms with E-state index in [2.05, 4.69) is 4.74 Å². The largest absolute Gasteiger partial charge is 0.465 e. The highest BCUT2D eigenvalue weighted by Crippen LogP contribution is 2.09. The highest BCUT2D eigenvalue weighted by atomic mass is 16.5. The normalized spacial score (nSPS) is 10.2. The summed E-state index contributed by atoms with van der Waals surface area (Å²) >= 11 is 0. The van der Waals surface area contributed by atoms with Gasteiger partial charge in [-0.1, -0.05) is 18.2 Å². The van der Waals surface area contributed by atoms with Crippen molar-refractivity contribution in [2.45, 2.75) is 0 Å². The molecule has 0 radical (unpaired) electrons. The van der Waals surface area contributed by atoms with Gasteiger partial charge < -0.3 is 4.74 Å². The molecule has 0 amide bonds. The van der Waals surface area contributed by atoms with Crippen molar-refractivity contribution in [2.75, 3.05) is 7.11 Å². The fourth-order valence-electron chi connectivity index (χ4n) is 1.83. The van der Waals surface area contributed by atoms with Gasteiger partial charge in [0.25, 0.3) is 0 Å². The van der Waals surface area contributed by atoms with Crippen LogP contribution in [0.4, 0.5) is 0 Å². The molecule has 0 N–H and O–H groups in total. The maximum Gasteiger partial charge on any atom is 0.337 e. The monoisotopic (exact) mass is 291 g/mol. The first-order valence-corrected chi connectivity index (χ1v) is 6.55. The number of carbonyl (C=O) groups excluding carboxylic acids is 2. The van der Waals surface area contributed by atoms with Gasteiger partial charge in [0.2, 0.25) is 0 Å². The van der Waals surface area contributed by atoms with Crippen molar-refractivity contribution in [1.82, 2.24) is 0 Å². The number of ketones is 1. The standard InChI is InChI=1S/C18H13NO3/c1-22-18(21)16-9-2-13(3-10-16)6-11-17(20)15-7-4-14(12-19)5-8-15/h2-11H,1H3. The molecule has 0 bridgehead atoms. The molecule has 0 atom stereocenters. The molecule has 0 fully saturated rings. The minimum atomic E-state index is -0.399. The minimum Gasteiger partial charge on any atom is -0.465 e. The number of nitriles is 1. The number of esters is 1. The Balaban J connectivity index is 2.09. The fraction of sp³-hybridized carbons (Fsp3) is 0.0556. The molecule has 0 unspecified atom stereocenters. The Labute approximate surface area is 128 Å². The fourth-order valence-corrected chi connectivity index (χ4v) is 1.83. The number of hydrogen-bond donors (Lipinski definition) is 0. The third kappa shape index (κ3) is 3.68. The van der Waals surface area contributed by atoms with E-state index in [1.54, 1.807) is 54.6 Å². The summed E-state index contributed by atoms with van der Waals surface area (Å²) in [6.45, 7) is 0. The Kier molecular flexibility index (Phi) is 4.84. The first kappa shape index (κ1) is 15.2.